The van der Waals surface area contributed by atoms with Crippen LogP contribution in [0.1, 0.15) is 27.2 Å². The van der Waals surface area contributed by atoms with Crippen LogP contribution in [0, 0.1) is 0 Å². The van der Waals surface area contributed by atoms with E-state index in [9.17, 15) is 0 Å². The maximum atomic E-state index is 3.55. The molecule has 1 heterocycles. The highest BCUT2D eigenvalue weighted by atomic mass is 15.3. The van der Waals surface area contributed by atoms with Crippen LogP contribution in [0.4, 0.5) is 0 Å². The van der Waals surface area contributed by atoms with Crippen LogP contribution < -0.4 is 5.32 Å². The van der Waals surface area contributed by atoms with E-state index in [1.54, 1.807) is 0 Å². The van der Waals surface area contributed by atoms with Crippen molar-refractivity contribution in [2.75, 3.05) is 45.8 Å². The Labute approximate surface area is 94.8 Å². The Morgan fingerprint density at radius 1 is 1.00 bits per heavy atom. The minimum Gasteiger partial charge on any atom is -0.313 e. The molecular weight excluding hydrogens is 186 g/mol. The summed E-state index contributed by atoms with van der Waals surface area (Å²) in [6.45, 7) is 15.2. The lowest BCUT2D eigenvalue weighted by Crippen LogP contribution is -2.50. The number of hydrogen-bond donors (Lipinski definition) is 1. The highest BCUT2D eigenvalue weighted by molar-refractivity contribution is 4.76. The minimum absolute atomic E-state index is 0.683. The molecule has 1 atom stereocenters. The summed E-state index contributed by atoms with van der Waals surface area (Å²) in [6, 6.07) is 0.683. The quantitative estimate of drug-likeness (QED) is 0.710. The van der Waals surface area contributed by atoms with Gasteiger partial charge >= 0.3 is 0 Å². The molecule has 1 rings (SSSR count). The summed E-state index contributed by atoms with van der Waals surface area (Å²) in [5, 5.41) is 3.55. The molecule has 0 bridgehead atoms. The van der Waals surface area contributed by atoms with Crippen molar-refractivity contribution in [1.29, 1.82) is 0 Å². The first-order chi connectivity index (χ1) is 7.30. The molecule has 0 aromatic heterocycles. The zero-order chi connectivity index (χ0) is 11.1. The van der Waals surface area contributed by atoms with Gasteiger partial charge in [0.15, 0.2) is 0 Å². The highest BCUT2D eigenvalue weighted by Crippen LogP contribution is 2.03. The van der Waals surface area contributed by atoms with E-state index < -0.39 is 0 Å². The molecule has 0 saturated carbocycles. The van der Waals surface area contributed by atoms with Gasteiger partial charge < -0.3 is 10.2 Å². The summed E-state index contributed by atoms with van der Waals surface area (Å²) >= 11 is 0. The first kappa shape index (κ1) is 12.9. The van der Waals surface area contributed by atoms with Gasteiger partial charge in [-0.3, -0.25) is 4.90 Å². The van der Waals surface area contributed by atoms with E-state index in [-0.39, 0.29) is 0 Å². The Kier molecular flexibility index (Phi) is 6.22. The van der Waals surface area contributed by atoms with Gasteiger partial charge in [0.25, 0.3) is 0 Å². The van der Waals surface area contributed by atoms with Gasteiger partial charge in [-0.05, 0) is 19.5 Å². The SMILES string of the molecule is CCNC(CC)CN1CCN(CC)CC1. The summed E-state index contributed by atoms with van der Waals surface area (Å²) in [6.07, 6.45) is 1.24. The molecule has 1 aliphatic heterocycles. The lowest BCUT2D eigenvalue weighted by Gasteiger charge is -2.35. The number of nitrogens with zero attached hydrogens (tertiary/aromatic N) is 2. The van der Waals surface area contributed by atoms with E-state index >= 15 is 0 Å². The molecular formula is C12H27N3. The second kappa shape index (κ2) is 7.20. The number of nitrogens with one attached hydrogen (secondary N) is 1. The smallest absolute Gasteiger partial charge is 0.0192 e. The first-order valence-electron chi connectivity index (χ1n) is 6.48. The van der Waals surface area contributed by atoms with Crippen LogP contribution >= 0.6 is 0 Å². The Morgan fingerprint density at radius 2 is 1.60 bits per heavy atom. The summed E-state index contributed by atoms with van der Waals surface area (Å²) in [5.41, 5.74) is 0. The standard InChI is InChI=1S/C12H27N3/c1-4-12(13-5-2)11-15-9-7-14(6-3)8-10-15/h12-13H,4-11H2,1-3H3. The molecule has 1 unspecified atom stereocenters. The van der Waals surface area contributed by atoms with E-state index in [1.807, 2.05) is 0 Å². The zero-order valence-corrected chi connectivity index (χ0v) is 10.6. The van der Waals surface area contributed by atoms with Crippen LogP contribution in [0.15, 0.2) is 0 Å². The molecule has 3 nitrogen and oxygen atoms in total. The van der Waals surface area contributed by atoms with Crippen LogP contribution in [0.3, 0.4) is 0 Å². The molecule has 90 valence electrons. The fourth-order valence-electron chi connectivity index (χ4n) is 2.23. The molecule has 3 heteroatoms. The fourth-order valence-corrected chi connectivity index (χ4v) is 2.23. The van der Waals surface area contributed by atoms with E-state index in [4.69, 9.17) is 0 Å². The van der Waals surface area contributed by atoms with Crippen molar-refractivity contribution >= 4 is 0 Å². The zero-order valence-electron chi connectivity index (χ0n) is 10.6. The first-order valence-corrected chi connectivity index (χ1v) is 6.48. The lowest BCUT2D eigenvalue weighted by molar-refractivity contribution is 0.127. The summed E-state index contributed by atoms with van der Waals surface area (Å²) in [4.78, 5) is 5.13. The normalized spacial score (nSPS) is 21.8. The molecule has 0 amide bonds. The number of piperazine rings is 1. The number of hydrogen-bond acceptors (Lipinski definition) is 3. The third kappa shape index (κ3) is 4.49. The van der Waals surface area contributed by atoms with Crippen molar-refractivity contribution in [3.63, 3.8) is 0 Å². The average molecular weight is 213 g/mol. The maximum Gasteiger partial charge on any atom is 0.0192 e. The topological polar surface area (TPSA) is 18.5 Å². The van der Waals surface area contributed by atoms with Crippen molar-refractivity contribution in [1.82, 2.24) is 15.1 Å². The Bertz CT molecular complexity index is 153. The van der Waals surface area contributed by atoms with Gasteiger partial charge in [-0.2, -0.15) is 0 Å². The van der Waals surface area contributed by atoms with Gasteiger partial charge in [0.1, 0.15) is 0 Å². The molecule has 0 aliphatic carbocycles. The fraction of sp³-hybridized carbons (Fsp3) is 1.00. The maximum absolute atomic E-state index is 3.55. The Morgan fingerprint density at radius 3 is 2.07 bits per heavy atom. The third-order valence-corrected chi connectivity index (χ3v) is 3.38. The van der Waals surface area contributed by atoms with Crippen LogP contribution in [0.5, 0.6) is 0 Å². The average Bonchev–Trinajstić information content (AvgIpc) is 2.29. The van der Waals surface area contributed by atoms with E-state index in [1.165, 1.54) is 45.7 Å². The summed E-state index contributed by atoms with van der Waals surface area (Å²) < 4.78 is 0. The monoisotopic (exact) mass is 213 g/mol. The Balaban J connectivity index is 2.21. The van der Waals surface area contributed by atoms with Gasteiger partial charge in [-0.25, -0.2) is 0 Å². The predicted molar refractivity (Wildman–Crippen MR) is 66.3 cm³/mol. The largest absolute Gasteiger partial charge is 0.313 e. The van der Waals surface area contributed by atoms with Crippen molar-refractivity contribution in [2.45, 2.75) is 33.2 Å². The van der Waals surface area contributed by atoms with E-state index in [0.29, 0.717) is 6.04 Å². The van der Waals surface area contributed by atoms with Crippen LogP contribution in [0.2, 0.25) is 0 Å². The molecule has 1 N–H and O–H groups in total. The summed E-state index contributed by atoms with van der Waals surface area (Å²) in [7, 11) is 0. The Hall–Kier alpha value is -0.120. The highest BCUT2D eigenvalue weighted by Gasteiger charge is 2.17. The van der Waals surface area contributed by atoms with Crippen molar-refractivity contribution in [2.24, 2.45) is 0 Å². The molecule has 0 aromatic rings. The van der Waals surface area contributed by atoms with Gasteiger partial charge in [0.05, 0.1) is 0 Å². The second-order valence-corrected chi connectivity index (χ2v) is 4.40. The van der Waals surface area contributed by atoms with Crippen LogP contribution in [0.25, 0.3) is 0 Å². The van der Waals surface area contributed by atoms with Crippen LogP contribution in [-0.2, 0) is 0 Å². The molecule has 15 heavy (non-hydrogen) atoms. The van der Waals surface area contributed by atoms with Gasteiger partial charge in [0.2, 0.25) is 0 Å². The van der Waals surface area contributed by atoms with Crippen molar-refractivity contribution in [3.05, 3.63) is 0 Å². The lowest BCUT2D eigenvalue weighted by atomic mass is 10.2. The van der Waals surface area contributed by atoms with E-state index in [2.05, 4.69) is 35.9 Å². The summed E-state index contributed by atoms with van der Waals surface area (Å²) in [5.74, 6) is 0. The molecule has 0 aromatic carbocycles. The van der Waals surface area contributed by atoms with Gasteiger partial charge in [-0.1, -0.05) is 20.8 Å². The van der Waals surface area contributed by atoms with Gasteiger partial charge in [-0.15, -0.1) is 0 Å². The molecule has 1 saturated heterocycles. The molecule has 0 spiro atoms. The van der Waals surface area contributed by atoms with Gasteiger partial charge in [0, 0.05) is 38.8 Å². The number of rotatable bonds is 6. The molecule has 0 radical (unpaired) electrons. The minimum atomic E-state index is 0.683. The van der Waals surface area contributed by atoms with Crippen LogP contribution in [-0.4, -0.2) is 61.7 Å². The van der Waals surface area contributed by atoms with Crippen molar-refractivity contribution in [3.8, 4) is 0 Å². The molecule has 1 fully saturated rings. The predicted octanol–water partition coefficient (Wildman–Crippen LogP) is 1.01. The second-order valence-electron chi connectivity index (χ2n) is 4.40. The van der Waals surface area contributed by atoms with Crippen molar-refractivity contribution < 1.29 is 0 Å². The third-order valence-electron chi connectivity index (χ3n) is 3.38. The number of likely N-dealkylation sites (N-methyl/N-ethyl adjacent to an activating group) is 2. The van der Waals surface area contributed by atoms with E-state index in [0.717, 1.165) is 6.54 Å². The molecule has 1 aliphatic rings.